The number of H-pyrrole nitrogens is 1. The van der Waals surface area contributed by atoms with Crippen LogP contribution < -0.4 is 10.1 Å². The lowest BCUT2D eigenvalue weighted by molar-refractivity contribution is 0.0934. The normalized spacial score (nSPS) is 11.9. The van der Waals surface area contributed by atoms with Crippen molar-refractivity contribution in [1.82, 2.24) is 10.3 Å². The van der Waals surface area contributed by atoms with Gasteiger partial charge in [-0.2, -0.15) is 0 Å². The molecule has 1 aromatic carbocycles. The number of hydrogen-bond donors (Lipinski definition) is 3. The molecule has 6 nitrogen and oxygen atoms in total. The van der Waals surface area contributed by atoms with Gasteiger partial charge in [-0.1, -0.05) is 6.92 Å². The van der Waals surface area contributed by atoms with Crippen LogP contribution in [0, 0.1) is 6.92 Å². The van der Waals surface area contributed by atoms with Crippen LogP contribution in [-0.2, 0) is 6.42 Å². The molecule has 134 valence electrons. The number of amides is 1. The van der Waals surface area contributed by atoms with Crippen molar-refractivity contribution >= 4 is 11.7 Å². The molecule has 1 amide bonds. The van der Waals surface area contributed by atoms with E-state index in [9.17, 15) is 14.7 Å². The zero-order valence-corrected chi connectivity index (χ0v) is 15.2. The van der Waals surface area contributed by atoms with Gasteiger partial charge in [0.25, 0.3) is 5.91 Å². The van der Waals surface area contributed by atoms with Crippen LogP contribution in [0.4, 0.5) is 0 Å². The first-order valence-corrected chi connectivity index (χ1v) is 8.20. The fourth-order valence-electron chi connectivity index (χ4n) is 3.05. The van der Waals surface area contributed by atoms with Crippen LogP contribution >= 0.6 is 0 Å². The van der Waals surface area contributed by atoms with Gasteiger partial charge in [-0.25, -0.2) is 0 Å². The number of nitrogens with one attached hydrogen (secondary N) is 2. The van der Waals surface area contributed by atoms with Crippen LogP contribution in [0.1, 0.15) is 64.5 Å². The SMILES string of the molecule is CCc1c(C(=O)NC(C)c2cc(OC)ccc2O)[nH]c(C)c1C(C)=O. The molecule has 0 bridgehead atoms. The molecule has 25 heavy (non-hydrogen) atoms. The number of phenols is 1. The molecule has 0 aliphatic rings. The Morgan fingerprint density at radius 3 is 2.60 bits per heavy atom. The van der Waals surface area contributed by atoms with E-state index in [4.69, 9.17) is 4.74 Å². The number of methoxy groups -OCH3 is 1. The summed E-state index contributed by atoms with van der Waals surface area (Å²) in [6.07, 6.45) is 0.570. The minimum absolute atomic E-state index is 0.0665. The minimum Gasteiger partial charge on any atom is -0.508 e. The molecule has 0 saturated carbocycles. The molecule has 0 radical (unpaired) electrons. The second-order valence-electron chi connectivity index (χ2n) is 6.01. The van der Waals surface area contributed by atoms with Crippen LogP contribution in [-0.4, -0.2) is 28.9 Å². The van der Waals surface area contributed by atoms with Crippen molar-refractivity contribution in [3.05, 3.63) is 46.3 Å². The highest BCUT2D eigenvalue weighted by Crippen LogP contribution is 2.29. The fourth-order valence-corrected chi connectivity index (χ4v) is 3.05. The van der Waals surface area contributed by atoms with Gasteiger partial charge in [0.1, 0.15) is 17.2 Å². The van der Waals surface area contributed by atoms with E-state index < -0.39 is 6.04 Å². The van der Waals surface area contributed by atoms with Gasteiger partial charge in [0, 0.05) is 16.8 Å². The van der Waals surface area contributed by atoms with Gasteiger partial charge in [0.05, 0.1) is 13.2 Å². The van der Waals surface area contributed by atoms with Crippen molar-refractivity contribution < 1.29 is 19.4 Å². The number of ether oxygens (including phenoxy) is 1. The number of carbonyl (C=O) groups excluding carboxylic acids is 2. The zero-order valence-electron chi connectivity index (χ0n) is 15.2. The number of hydrogen-bond acceptors (Lipinski definition) is 4. The average Bonchev–Trinajstić information content (AvgIpc) is 2.91. The molecule has 0 fully saturated rings. The fraction of sp³-hybridized carbons (Fsp3) is 0.368. The van der Waals surface area contributed by atoms with Crippen LogP contribution in [0.25, 0.3) is 0 Å². The molecular formula is C19H24N2O4. The van der Waals surface area contributed by atoms with Crippen molar-refractivity contribution in [3.8, 4) is 11.5 Å². The predicted molar refractivity (Wildman–Crippen MR) is 95.5 cm³/mol. The Kier molecular flexibility index (Phi) is 5.51. The second kappa shape index (κ2) is 7.42. The highest BCUT2D eigenvalue weighted by molar-refractivity contribution is 6.02. The van der Waals surface area contributed by atoms with Gasteiger partial charge in [0.15, 0.2) is 5.78 Å². The number of benzene rings is 1. The molecule has 1 unspecified atom stereocenters. The zero-order chi connectivity index (χ0) is 18.7. The van der Waals surface area contributed by atoms with Gasteiger partial charge in [-0.15, -0.1) is 0 Å². The highest BCUT2D eigenvalue weighted by Gasteiger charge is 2.23. The van der Waals surface area contributed by atoms with E-state index in [0.717, 1.165) is 0 Å². The molecule has 3 N–H and O–H groups in total. The molecule has 1 atom stereocenters. The Balaban J connectivity index is 2.31. The van der Waals surface area contributed by atoms with E-state index in [2.05, 4.69) is 10.3 Å². The largest absolute Gasteiger partial charge is 0.508 e. The number of phenolic OH excluding ortho intramolecular Hbond substituents is 1. The topological polar surface area (TPSA) is 91.4 Å². The number of ketones is 1. The predicted octanol–water partition coefficient (Wildman–Crippen LogP) is 3.29. The molecule has 0 aliphatic carbocycles. The Labute approximate surface area is 147 Å². The van der Waals surface area contributed by atoms with E-state index >= 15 is 0 Å². The number of aromatic nitrogens is 1. The highest BCUT2D eigenvalue weighted by atomic mass is 16.5. The smallest absolute Gasteiger partial charge is 0.268 e. The molecule has 6 heteroatoms. The number of aromatic amines is 1. The average molecular weight is 344 g/mol. The molecule has 0 saturated heterocycles. The summed E-state index contributed by atoms with van der Waals surface area (Å²) < 4.78 is 5.16. The summed E-state index contributed by atoms with van der Waals surface area (Å²) in [5.74, 6) is 0.291. The van der Waals surface area contributed by atoms with Crippen molar-refractivity contribution in [2.45, 2.75) is 40.2 Å². The lowest BCUT2D eigenvalue weighted by Crippen LogP contribution is -2.28. The van der Waals surface area contributed by atoms with Crippen molar-refractivity contribution in [3.63, 3.8) is 0 Å². The third kappa shape index (κ3) is 3.68. The van der Waals surface area contributed by atoms with E-state index in [0.29, 0.717) is 40.2 Å². The monoisotopic (exact) mass is 344 g/mol. The van der Waals surface area contributed by atoms with Crippen LogP contribution in [0.5, 0.6) is 11.5 Å². The number of Topliss-reactive ketones (excluding diaryl/α,β-unsaturated/α-hetero) is 1. The van der Waals surface area contributed by atoms with Gasteiger partial charge in [-0.3, -0.25) is 9.59 Å². The number of carbonyl (C=O) groups is 2. The quantitative estimate of drug-likeness (QED) is 0.701. The van der Waals surface area contributed by atoms with Crippen LogP contribution in [0.3, 0.4) is 0 Å². The van der Waals surface area contributed by atoms with Gasteiger partial charge >= 0.3 is 0 Å². The van der Waals surface area contributed by atoms with Crippen molar-refractivity contribution in [2.75, 3.05) is 7.11 Å². The van der Waals surface area contributed by atoms with Crippen LogP contribution in [0.2, 0.25) is 0 Å². The molecule has 2 aromatic rings. The summed E-state index contributed by atoms with van der Waals surface area (Å²) >= 11 is 0. The summed E-state index contributed by atoms with van der Waals surface area (Å²) in [4.78, 5) is 27.6. The molecule has 2 rings (SSSR count). The Morgan fingerprint density at radius 1 is 1.36 bits per heavy atom. The summed E-state index contributed by atoms with van der Waals surface area (Å²) in [6, 6.07) is 4.43. The maximum Gasteiger partial charge on any atom is 0.268 e. The molecular weight excluding hydrogens is 320 g/mol. The first-order chi connectivity index (χ1) is 11.8. The maximum absolute atomic E-state index is 12.7. The Morgan fingerprint density at radius 2 is 2.04 bits per heavy atom. The second-order valence-corrected chi connectivity index (χ2v) is 6.01. The van der Waals surface area contributed by atoms with Crippen molar-refractivity contribution in [2.24, 2.45) is 0 Å². The number of aryl methyl sites for hydroxylation is 1. The Bertz CT molecular complexity index is 808. The summed E-state index contributed by atoms with van der Waals surface area (Å²) in [5.41, 5.74) is 2.92. The standard InChI is InChI=1S/C19H24N2O4/c1-6-14-17(12(4)22)11(3)20-18(14)19(24)21-10(2)15-9-13(25-5)7-8-16(15)23/h7-10,20,23H,6H2,1-5H3,(H,21,24). The maximum atomic E-state index is 12.7. The van der Waals surface area contributed by atoms with Gasteiger partial charge in [0.2, 0.25) is 0 Å². The van der Waals surface area contributed by atoms with Crippen LogP contribution in [0.15, 0.2) is 18.2 Å². The lowest BCUT2D eigenvalue weighted by Gasteiger charge is -2.16. The molecule has 0 aliphatic heterocycles. The Hall–Kier alpha value is -2.76. The third-order valence-electron chi connectivity index (χ3n) is 4.27. The van der Waals surface area contributed by atoms with E-state index in [1.54, 1.807) is 26.0 Å². The first-order valence-electron chi connectivity index (χ1n) is 8.20. The van der Waals surface area contributed by atoms with Gasteiger partial charge in [-0.05, 0) is 51.0 Å². The number of aromatic hydroxyl groups is 1. The molecule has 1 aromatic heterocycles. The van der Waals surface area contributed by atoms with Gasteiger partial charge < -0.3 is 20.1 Å². The first kappa shape index (κ1) is 18.6. The van der Waals surface area contributed by atoms with Crippen molar-refractivity contribution in [1.29, 1.82) is 0 Å². The summed E-state index contributed by atoms with van der Waals surface area (Å²) in [7, 11) is 1.54. The third-order valence-corrected chi connectivity index (χ3v) is 4.27. The summed E-state index contributed by atoms with van der Waals surface area (Å²) in [5, 5.41) is 12.9. The molecule has 1 heterocycles. The van der Waals surface area contributed by atoms with E-state index in [1.165, 1.54) is 20.1 Å². The lowest BCUT2D eigenvalue weighted by atomic mass is 10.0. The van der Waals surface area contributed by atoms with E-state index in [1.807, 2.05) is 6.92 Å². The minimum atomic E-state index is -0.434. The summed E-state index contributed by atoms with van der Waals surface area (Å²) in [6.45, 7) is 6.96. The number of rotatable bonds is 6. The molecule has 0 spiro atoms. The van der Waals surface area contributed by atoms with E-state index in [-0.39, 0.29) is 17.4 Å².